The first-order valence-electron chi connectivity index (χ1n) is 9.98. The summed E-state index contributed by atoms with van der Waals surface area (Å²) < 4.78 is 0. The Morgan fingerprint density at radius 1 is 1.07 bits per heavy atom. The van der Waals surface area contributed by atoms with E-state index in [0.717, 1.165) is 11.3 Å². The minimum absolute atomic E-state index is 0.0463. The third kappa shape index (κ3) is 5.02. The number of carbonyl (C=O) groups is 3. The Kier molecular flexibility index (Phi) is 6.32. The van der Waals surface area contributed by atoms with Gasteiger partial charge in [-0.25, -0.2) is 0 Å². The maximum absolute atomic E-state index is 12.7. The third-order valence-corrected chi connectivity index (χ3v) is 5.08. The summed E-state index contributed by atoms with van der Waals surface area (Å²) in [5, 5.41) is 5.64. The number of nitrogens with one attached hydrogen (secondary N) is 2. The van der Waals surface area contributed by atoms with E-state index in [0.29, 0.717) is 30.3 Å². The van der Waals surface area contributed by atoms with Gasteiger partial charge < -0.3 is 15.5 Å². The number of nitrogens with zero attached hydrogens (tertiary/aromatic N) is 1. The first-order chi connectivity index (χ1) is 13.9. The molecule has 3 amide bonds. The second-order valence-electron chi connectivity index (χ2n) is 7.63. The summed E-state index contributed by atoms with van der Waals surface area (Å²) in [6.45, 7) is 6.36. The Hall–Kier alpha value is -3.15. The summed E-state index contributed by atoms with van der Waals surface area (Å²) in [6.07, 6.45) is 0.568. The molecule has 2 N–H and O–H groups in total. The molecule has 1 heterocycles. The lowest BCUT2D eigenvalue weighted by Gasteiger charge is -2.18. The summed E-state index contributed by atoms with van der Waals surface area (Å²) in [7, 11) is 0. The van der Waals surface area contributed by atoms with Gasteiger partial charge >= 0.3 is 0 Å². The van der Waals surface area contributed by atoms with Crippen LogP contribution in [0.25, 0.3) is 0 Å². The van der Waals surface area contributed by atoms with Crippen molar-refractivity contribution in [2.24, 2.45) is 5.92 Å². The van der Waals surface area contributed by atoms with Gasteiger partial charge in [-0.05, 0) is 41.8 Å². The minimum Gasteiger partial charge on any atom is -0.326 e. The van der Waals surface area contributed by atoms with Crippen LogP contribution < -0.4 is 15.5 Å². The lowest BCUT2D eigenvalue weighted by Crippen LogP contribution is -2.28. The van der Waals surface area contributed by atoms with Crippen LogP contribution in [0.5, 0.6) is 0 Å². The minimum atomic E-state index is -0.418. The van der Waals surface area contributed by atoms with E-state index < -0.39 is 5.92 Å². The number of rotatable bonds is 6. The normalized spacial score (nSPS) is 16.2. The van der Waals surface area contributed by atoms with Crippen molar-refractivity contribution in [3.05, 3.63) is 54.1 Å². The topological polar surface area (TPSA) is 78.5 Å². The molecule has 0 aromatic heterocycles. The molecule has 1 fully saturated rings. The monoisotopic (exact) mass is 393 g/mol. The summed E-state index contributed by atoms with van der Waals surface area (Å²) in [6, 6.07) is 14.9. The Labute approximate surface area is 171 Å². The quantitative estimate of drug-likeness (QED) is 0.774. The van der Waals surface area contributed by atoms with Crippen molar-refractivity contribution in [1.82, 2.24) is 0 Å². The van der Waals surface area contributed by atoms with E-state index in [2.05, 4.69) is 24.5 Å². The van der Waals surface area contributed by atoms with E-state index >= 15 is 0 Å². The highest BCUT2D eigenvalue weighted by Crippen LogP contribution is 2.28. The van der Waals surface area contributed by atoms with Crippen LogP contribution in [0, 0.1) is 5.92 Å². The zero-order chi connectivity index (χ0) is 21.0. The molecule has 1 aliphatic rings. The van der Waals surface area contributed by atoms with Crippen LogP contribution in [0.3, 0.4) is 0 Å². The highest BCUT2D eigenvalue weighted by atomic mass is 16.2. The smallest absolute Gasteiger partial charge is 0.229 e. The van der Waals surface area contributed by atoms with Gasteiger partial charge in [0, 0.05) is 36.4 Å². The summed E-state index contributed by atoms with van der Waals surface area (Å²) >= 11 is 0. The number of carbonyl (C=O) groups excluding carboxylic acids is 3. The largest absolute Gasteiger partial charge is 0.326 e. The van der Waals surface area contributed by atoms with E-state index in [1.54, 1.807) is 36.1 Å². The van der Waals surface area contributed by atoms with E-state index in [1.165, 1.54) is 0 Å². The van der Waals surface area contributed by atoms with Gasteiger partial charge in [-0.3, -0.25) is 14.4 Å². The number of anilines is 3. The molecule has 1 aliphatic heterocycles. The lowest BCUT2D eigenvalue weighted by molar-refractivity contribution is -0.122. The van der Waals surface area contributed by atoms with Crippen molar-refractivity contribution in [3.63, 3.8) is 0 Å². The van der Waals surface area contributed by atoms with Gasteiger partial charge in [0.15, 0.2) is 0 Å². The van der Waals surface area contributed by atoms with E-state index in [1.807, 2.05) is 24.3 Å². The predicted molar refractivity (Wildman–Crippen MR) is 115 cm³/mol. The fourth-order valence-electron chi connectivity index (χ4n) is 3.35. The molecule has 1 saturated heterocycles. The SMILES string of the molecule is CCC(=O)Nc1cccc(NC(=O)C2CC(=O)N(c3cccc(C(C)C)c3)C2)c1. The molecule has 6 nitrogen and oxygen atoms in total. The van der Waals surface area contributed by atoms with Crippen LogP contribution in [-0.2, 0) is 14.4 Å². The average Bonchev–Trinajstić information content (AvgIpc) is 3.10. The fraction of sp³-hybridized carbons (Fsp3) is 0.348. The van der Waals surface area contributed by atoms with Crippen molar-refractivity contribution in [2.75, 3.05) is 22.1 Å². The summed E-state index contributed by atoms with van der Waals surface area (Å²) in [5.41, 5.74) is 3.22. The Bertz CT molecular complexity index is 923. The molecule has 1 atom stereocenters. The molecule has 0 bridgehead atoms. The molecular formula is C23H27N3O3. The molecule has 1 unspecified atom stereocenters. The van der Waals surface area contributed by atoms with Gasteiger partial charge in [0.25, 0.3) is 0 Å². The van der Waals surface area contributed by atoms with Crippen LogP contribution in [-0.4, -0.2) is 24.3 Å². The van der Waals surface area contributed by atoms with Gasteiger partial charge in [0.2, 0.25) is 17.7 Å². The maximum Gasteiger partial charge on any atom is 0.229 e. The number of amides is 3. The van der Waals surface area contributed by atoms with Gasteiger partial charge in [0.05, 0.1) is 5.92 Å². The van der Waals surface area contributed by atoms with Crippen molar-refractivity contribution in [2.45, 2.75) is 39.5 Å². The van der Waals surface area contributed by atoms with Crippen LogP contribution in [0.4, 0.5) is 17.1 Å². The molecule has 0 radical (unpaired) electrons. The fourth-order valence-corrected chi connectivity index (χ4v) is 3.35. The molecule has 152 valence electrons. The van der Waals surface area contributed by atoms with Crippen molar-refractivity contribution in [1.29, 1.82) is 0 Å². The van der Waals surface area contributed by atoms with Crippen LogP contribution in [0.2, 0.25) is 0 Å². The summed E-state index contributed by atoms with van der Waals surface area (Å²) in [4.78, 5) is 38.5. The Morgan fingerprint density at radius 3 is 2.45 bits per heavy atom. The van der Waals surface area contributed by atoms with Gasteiger partial charge in [-0.15, -0.1) is 0 Å². The zero-order valence-corrected chi connectivity index (χ0v) is 17.1. The first kappa shape index (κ1) is 20.6. The third-order valence-electron chi connectivity index (χ3n) is 5.08. The molecule has 3 rings (SSSR count). The Balaban J connectivity index is 1.67. The molecule has 2 aromatic rings. The molecule has 0 saturated carbocycles. The summed E-state index contributed by atoms with van der Waals surface area (Å²) in [5.74, 6) is -0.379. The highest BCUT2D eigenvalue weighted by Gasteiger charge is 2.35. The Morgan fingerprint density at radius 2 is 1.76 bits per heavy atom. The second kappa shape index (κ2) is 8.90. The molecule has 2 aromatic carbocycles. The molecule has 6 heteroatoms. The predicted octanol–water partition coefficient (Wildman–Crippen LogP) is 4.15. The highest BCUT2D eigenvalue weighted by molar-refractivity contribution is 6.03. The van der Waals surface area contributed by atoms with Crippen LogP contribution >= 0.6 is 0 Å². The molecular weight excluding hydrogens is 366 g/mol. The second-order valence-corrected chi connectivity index (χ2v) is 7.63. The van der Waals surface area contributed by atoms with Gasteiger partial charge in [-0.1, -0.05) is 39.0 Å². The van der Waals surface area contributed by atoms with Crippen molar-refractivity contribution >= 4 is 34.8 Å². The number of benzene rings is 2. The molecule has 0 aliphatic carbocycles. The number of hydrogen-bond acceptors (Lipinski definition) is 3. The average molecular weight is 393 g/mol. The lowest BCUT2D eigenvalue weighted by atomic mass is 10.0. The van der Waals surface area contributed by atoms with E-state index in [-0.39, 0.29) is 24.1 Å². The van der Waals surface area contributed by atoms with Gasteiger partial charge in [-0.2, -0.15) is 0 Å². The first-order valence-corrected chi connectivity index (χ1v) is 9.98. The van der Waals surface area contributed by atoms with Crippen molar-refractivity contribution in [3.8, 4) is 0 Å². The van der Waals surface area contributed by atoms with Crippen LogP contribution in [0.1, 0.15) is 45.1 Å². The maximum atomic E-state index is 12.7. The molecule has 0 spiro atoms. The van der Waals surface area contributed by atoms with E-state index in [9.17, 15) is 14.4 Å². The van der Waals surface area contributed by atoms with E-state index in [4.69, 9.17) is 0 Å². The standard InChI is InChI=1S/C23H27N3O3/c1-4-21(27)24-18-8-6-9-19(13-18)25-23(29)17-12-22(28)26(14-17)20-10-5-7-16(11-20)15(2)3/h5-11,13,15,17H,4,12,14H2,1-3H3,(H,24,27)(H,25,29). The zero-order valence-electron chi connectivity index (χ0n) is 17.1. The van der Waals surface area contributed by atoms with Gasteiger partial charge in [0.1, 0.15) is 0 Å². The van der Waals surface area contributed by atoms with Crippen LogP contribution in [0.15, 0.2) is 48.5 Å². The van der Waals surface area contributed by atoms with Crippen molar-refractivity contribution < 1.29 is 14.4 Å². The number of hydrogen-bond donors (Lipinski definition) is 2. The molecule has 29 heavy (non-hydrogen) atoms.